The molecule has 0 spiro atoms. The Balaban J connectivity index is 1.46. The van der Waals surface area contributed by atoms with Gasteiger partial charge in [-0.25, -0.2) is 4.68 Å². The monoisotopic (exact) mass is 436 g/mol. The number of aromatic nitrogens is 2. The molecule has 0 saturated carbocycles. The summed E-state index contributed by atoms with van der Waals surface area (Å²) < 4.78 is 13.7. The first-order valence-electron chi connectivity index (χ1n) is 9.58. The van der Waals surface area contributed by atoms with E-state index in [4.69, 9.17) is 9.15 Å². The second-order valence-corrected chi connectivity index (χ2v) is 8.15. The first-order valence-corrected chi connectivity index (χ1v) is 10.4. The number of piperidine rings is 1. The molecule has 8 heteroatoms. The van der Waals surface area contributed by atoms with Gasteiger partial charge in [0.1, 0.15) is 10.2 Å². The van der Waals surface area contributed by atoms with E-state index in [9.17, 15) is 4.79 Å². The maximum Gasteiger partial charge on any atom is 0.273 e. The van der Waals surface area contributed by atoms with Gasteiger partial charge < -0.3 is 14.5 Å². The molecule has 27 heavy (non-hydrogen) atoms. The van der Waals surface area contributed by atoms with Gasteiger partial charge in [-0.15, -0.1) is 0 Å². The summed E-state index contributed by atoms with van der Waals surface area (Å²) in [5, 5.41) is 7.45. The summed E-state index contributed by atoms with van der Waals surface area (Å²) in [5.74, 6) is 2.07. The van der Waals surface area contributed by atoms with Crippen LogP contribution >= 0.6 is 15.9 Å². The lowest BCUT2D eigenvalue weighted by molar-refractivity contribution is 0.0889. The Morgan fingerprint density at radius 1 is 1.41 bits per heavy atom. The zero-order valence-corrected chi connectivity index (χ0v) is 17.1. The summed E-state index contributed by atoms with van der Waals surface area (Å²) in [6, 6.07) is 3.91. The van der Waals surface area contributed by atoms with Crippen molar-refractivity contribution in [3.05, 3.63) is 34.3 Å². The normalized spacial score (nSPS) is 19.3. The van der Waals surface area contributed by atoms with Crippen LogP contribution in [-0.4, -0.2) is 46.8 Å². The van der Waals surface area contributed by atoms with Crippen molar-refractivity contribution in [2.75, 3.05) is 26.2 Å². The third-order valence-corrected chi connectivity index (χ3v) is 6.12. The molecular weight excluding hydrogens is 412 g/mol. The van der Waals surface area contributed by atoms with Crippen LogP contribution in [0.25, 0.3) is 0 Å². The molecular formula is C19H25BrN4O3. The topological polar surface area (TPSA) is 72.5 Å². The fourth-order valence-electron chi connectivity index (χ4n) is 3.75. The molecule has 2 aliphatic heterocycles. The van der Waals surface area contributed by atoms with E-state index in [1.54, 1.807) is 10.9 Å². The average molecular weight is 437 g/mol. The lowest BCUT2D eigenvalue weighted by Crippen LogP contribution is -2.42. The number of hydrogen-bond donors (Lipinski definition) is 1. The highest BCUT2D eigenvalue weighted by Gasteiger charge is 2.29. The number of nitrogens with one attached hydrogen (secondary N) is 1. The van der Waals surface area contributed by atoms with Crippen LogP contribution in [-0.2, 0) is 6.54 Å². The van der Waals surface area contributed by atoms with Crippen molar-refractivity contribution in [2.45, 2.75) is 38.8 Å². The second-order valence-electron chi connectivity index (χ2n) is 7.35. The van der Waals surface area contributed by atoms with Crippen LogP contribution in [0.3, 0.4) is 0 Å². The second kappa shape index (κ2) is 8.06. The van der Waals surface area contributed by atoms with Gasteiger partial charge in [0.25, 0.3) is 5.91 Å². The summed E-state index contributed by atoms with van der Waals surface area (Å²) in [6.07, 6.45) is 4.92. The maximum atomic E-state index is 12.8. The van der Waals surface area contributed by atoms with E-state index < -0.39 is 0 Å². The number of fused-ring (bicyclic) bond motifs is 1. The molecule has 0 aliphatic carbocycles. The number of likely N-dealkylation sites (tertiary alicyclic amines) is 1. The van der Waals surface area contributed by atoms with Gasteiger partial charge in [0.05, 0.1) is 18.9 Å². The number of aryl methyl sites for hydroxylation is 1. The molecule has 2 aromatic rings. The molecule has 146 valence electrons. The number of ether oxygens (including phenoxy) is 1. The van der Waals surface area contributed by atoms with Crippen LogP contribution < -0.4 is 10.1 Å². The molecule has 1 atom stereocenters. The Bertz CT molecular complexity index is 781. The molecule has 1 N–H and O–H groups in total. The molecule has 4 rings (SSSR count). The van der Waals surface area contributed by atoms with Crippen molar-refractivity contribution in [1.29, 1.82) is 0 Å². The Morgan fingerprint density at radius 2 is 2.22 bits per heavy atom. The lowest BCUT2D eigenvalue weighted by Gasteiger charge is -2.35. The summed E-state index contributed by atoms with van der Waals surface area (Å²) in [6.45, 7) is 6.22. The van der Waals surface area contributed by atoms with Gasteiger partial charge in [-0.3, -0.25) is 9.69 Å². The van der Waals surface area contributed by atoms with Crippen LogP contribution in [0.1, 0.15) is 48.5 Å². The molecule has 0 radical (unpaired) electrons. The van der Waals surface area contributed by atoms with Crippen LogP contribution in [0.5, 0.6) is 5.88 Å². The highest BCUT2D eigenvalue weighted by atomic mass is 79.9. The smallest absolute Gasteiger partial charge is 0.273 e. The number of halogens is 1. The van der Waals surface area contributed by atoms with E-state index in [0.717, 1.165) is 37.7 Å². The van der Waals surface area contributed by atoms with Crippen molar-refractivity contribution in [3.8, 4) is 5.88 Å². The van der Waals surface area contributed by atoms with Gasteiger partial charge in [0, 0.05) is 19.5 Å². The summed E-state index contributed by atoms with van der Waals surface area (Å²) in [7, 11) is 0. The van der Waals surface area contributed by atoms with Crippen molar-refractivity contribution in [2.24, 2.45) is 5.92 Å². The third-order valence-electron chi connectivity index (χ3n) is 5.41. The average Bonchev–Trinajstić information content (AvgIpc) is 3.32. The summed E-state index contributed by atoms with van der Waals surface area (Å²) in [5.41, 5.74) is 0.373. The standard InChI is InChI=1S/C19H25BrN4O3/c1-13-5-8-23(9-6-13)14(15-4-2-10-26-15)12-21-18(25)17-16(20)19-24(22-17)7-3-11-27-19/h2,4,10,13-14H,3,5-9,11-12H2,1H3,(H,21,25). The molecule has 4 heterocycles. The quantitative estimate of drug-likeness (QED) is 0.778. The first-order chi connectivity index (χ1) is 13.1. The fraction of sp³-hybridized carbons (Fsp3) is 0.579. The highest BCUT2D eigenvalue weighted by Crippen LogP contribution is 2.31. The molecule has 1 unspecified atom stereocenters. The van der Waals surface area contributed by atoms with E-state index in [2.05, 4.69) is 38.2 Å². The number of amides is 1. The summed E-state index contributed by atoms with van der Waals surface area (Å²) in [4.78, 5) is 15.2. The molecule has 1 fully saturated rings. The molecule has 1 amide bonds. The molecule has 2 aromatic heterocycles. The van der Waals surface area contributed by atoms with Crippen molar-refractivity contribution in [1.82, 2.24) is 20.0 Å². The minimum Gasteiger partial charge on any atom is -0.477 e. The van der Waals surface area contributed by atoms with Crippen molar-refractivity contribution >= 4 is 21.8 Å². The lowest BCUT2D eigenvalue weighted by atomic mass is 9.97. The van der Waals surface area contributed by atoms with Crippen LogP contribution in [0.15, 0.2) is 27.3 Å². The number of furan rings is 1. The minimum absolute atomic E-state index is 0.0312. The number of carbonyl (C=O) groups excluding carboxylic acids is 1. The zero-order valence-electron chi connectivity index (χ0n) is 15.5. The van der Waals surface area contributed by atoms with Crippen LogP contribution in [0.2, 0.25) is 0 Å². The third kappa shape index (κ3) is 3.91. The Morgan fingerprint density at radius 3 is 2.93 bits per heavy atom. The maximum absolute atomic E-state index is 12.8. The molecule has 7 nitrogen and oxygen atoms in total. The Hall–Kier alpha value is -1.80. The van der Waals surface area contributed by atoms with Crippen LogP contribution in [0, 0.1) is 5.92 Å². The highest BCUT2D eigenvalue weighted by molar-refractivity contribution is 9.10. The Kier molecular flexibility index (Phi) is 5.54. The van der Waals surface area contributed by atoms with E-state index in [1.807, 2.05) is 12.1 Å². The van der Waals surface area contributed by atoms with Gasteiger partial charge in [0.2, 0.25) is 5.88 Å². The van der Waals surface area contributed by atoms with E-state index in [1.165, 1.54) is 12.8 Å². The molecule has 2 aliphatic rings. The summed E-state index contributed by atoms with van der Waals surface area (Å²) >= 11 is 3.47. The van der Waals surface area contributed by atoms with Crippen molar-refractivity contribution in [3.63, 3.8) is 0 Å². The number of nitrogens with zero attached hydrogens (tertiary/aromatic N) is 3. The fourth-order valence-corrected chi connectivity index (χ4v) is 4.32. The molecule has 0 bridgehead atoms. The van der Waals surface area contributed by atoms with Gasteiger partial charge >= 0.3 is 0 Å². The number of hydrogen-bond acceptors (Lipinski definition) is 5. The van der Waals surface area contributed by atoms with Gasteiger partial charge in [0.15, 0.2) is 5.69 Å². The number of carbonyl (C=O) groups is 1. The predicted molar refractivity (Wildman–Crippen MR) is 104 cm³/mol. The van der Waals surface area contributed by atoms with Crippen molar-refractivity contribution < 1.29 is 13.9 Å². The zero-order chi connectivity index (χ0) is 18.8. The van der Waals surface area contributed by atoms with E-state index in [0.29, 0.717) is 29.2 Å². The van der Waals surface area contributed by atoms with E-state index in [-0.39, 0.29) is 11.9 Å². The first kappa shape index (κ1) is 18.6. The minimum atomic E-state index is -0.200. The molecule has 1 saturated heterocycles. The van der Waals surface area contributed by atoms with Gasteiger partial charge in [-0.05, 0) is 59.9 Å². The largest absolute Gasteiger partial charge is 0.477 e. The van der Waals surface area contributed by atoms with Gasteiger partial charge in [-0.1, -0.05) is 6.92 Å². The molecule has 0 aromatic carbocycles. The number of rotatable bonds is 5. The predicted octanol–water partition coefficient (Wildman–Crippen LogP) is 3.22. The van der Waals surface area contributed by atoms with Crippen LogP contribution in [0.4, 0.5) is 0 Å². The Labute approximate surface area is 167 Å². The SMILES string of the molecule is CC1CCN(C(CNC(=O)c2nn3c(c2Br)OCCC3)c2ccco2)CC1. The van der Waals surface area contributed by atoms with Gasteiger partial charge in [-0.2, -0.15) is 5.10 Å². The van der Waals surface area contributed by atoms with E-state index >= 15 is 0 Å².